The topological polar surface area (TPSA) is 67.4 Å². The molecule has 0 aromatic carbocycles. The predicted molar refractivity (Wildman–Crippen MR) is 62.3 cm³/mol. The molecule has 1 heterocycles. The highest BCUT2D eigenvalue weighted by molar-refractivity contribution is 5.83. The second-order valence-electron chi connectivity index (χ2n) is 4.86. The Bertz CT molecular complexity index is 306. The molecule has 17 heavy (non-hydrogen) atoms. The molecule has 3 atom stereocenters. The fraction of sp³-hybridized carbons (Fsp3) is 0.833. The van der Waals surface area contributed by atoms with Gasteiger partial charge in [0.1, 0.15) is 0 Å². The van der Waals surface area contributed by atoms with E-state index in [0.29, 0.717) is 18.4 Å². The Hall–Kier alpha value is -1.10. The Balaban J connectivity index is 1.74. The van der Waals surface area contributed by atoms with Gasteiger partial charge in [0.25, 0.3) is 0 Å². The van der Waals surface area contributed by atoms with E-state index < -0.39 is 0 Å². The van der Waals surface area contributed by atoms with Gasteiger partial charge in [0.15, 0.2) is 0 Å². The zero-order valence-corrected chi connectivity index (χ0v) is 10.2. The molecular formula is C12H20N2O3. The van der Waals surface area contributed by atoms with E-state index in [-0.39, 0.29) is 24.3 Å². The van der Waals surface area contributed by atoms with E-state index in [1.165, 1.54) is 20.0 Å². The molecule has 1 saturated carbocycles. The Morgan fingerprint density at radius 1 is 1.41 bits per heavy atom. The standard InChI is InChI=1S/C12H20N2O3/c1-17-10(15)5-6-13-12(16)11-9-4-2-3-8(9)7-14-11/h8-9,11,14H,2-7H2,1H3,(H,13,16). The van der Waals surface area contributed by atoms with E-state index >= 15 is 0 Å². The number of esters is 1. The van der Waals surface area contributed by atoms with Gasteiger partial charge in [-0.1, -0.05) is 6.42 Å². The summed E-state index contributed by atoms with van der Waals surface area (Å²) in [5.74, 6) is 0.909. The molecule has 5 nitrogen and oxygen atoms in total. The summed E-state index contributed by atoms with van der Waals surface area (Å²) in [6, 6.07) is -0.0554. The summed E-state index contributed by atoms with van der Waals surface area (Å²) < 4.78 is 4.52. The van der Waals surface area contributed by atoms with Gasteiger partial charge in [-0.3, -0.25) is 9.59 Å². The normalized spacial score (nSPS) is 31.0. The van der Waals surface area contributed by atoms with Crippen molar-refractivity contribution >= 4 is 11.9 Å². The number of methoxy groups -OCH3 is 1. The highest BCUT2D eigenvalue weighted by Gasteiger charge is 2.42. The van der Waals surface area contributed by atoms with Crippen LogP contribution in [0, 0.1) is 11.8 Å². The quantitative estimate of drug-likeness (QED) is 0.682. The molecule has 2 N–H and O–H groups in total. The molecular weight excluding hydrogens is 220 g/mol. The number of carbonyl (C=O) groups excluding carboxylic acids is 2. The maximum Gasteiger partial charge on any atom is 0.307 e. The highest BCUT2D eigenvalue weighted by atomic mass is 16.5. The minimum Gasteiger partial charge on any atom is -0.469 e. The summed E-state index contributed by atoms with van der Waals surface area (Å²) >= 11 is 0. The summed E-state index contributed by atoms with van der Waals surface area (Å²) in [5, 5.41) is 6.08. The predicted octanol–water partition coefficient (Wildman–Crippen LogP) is 0.0538. The van der Waals surface area contributed by atoms with Crippen LogP contribution in [0.5, 0.6) is 0 Å². The van der Waals surface area contributed by atoms with Gasteiger partial charge in [-0.05, 0) is 31.2 Å². The fourth-order valence-electron chi connectivity index (χ4n) is 2.97. The monoisotopic (exact) mass is 240 g/mol. The Kier molecular flexibility index (Phi) is 3.99. The Labute approximate surface area is 101 Å². The third-order valence-electron chi connectivity index (χ3n) is 3.88. The van der Waals surface area contributed by atoms with Crippen LogP contribution in [0.1, 0.15) is 25.7 Å². The smallest absolute Gasteiger partial charge is 0.307 e. The van der Waals surface area contributed by atoms with Crippen LogP contribution in [-0.2, 0) is 14.3 Å². The van der Waals surface area contributed by atoms with Gasteiger partial charge in [0.05, 0.1) is 19.6 Å². The third-order valence-corrected chi connectivity index (χ3v) is 3.88. The summed E-state index contributed by atoms with van der Waals surface area (Å²) in [5.41, 5.74) is 0. The second-order valence-corrected chi connectivity index (χ2v) is 4.86. The summed E-state index contributed by atoms with van der Waals surface area (Å²) in [7, 11) is 1.35. The first-order chi connectivity index (χ1) is 8.22. The number of hydrogen-bond acceptors (Lipinski definition) is 4. The number of nitrogens with one attached hydrogen (secondary N) is 2. The molecule has 2 rings (SSSR count). The van der Waals surface area contributed by atoms with Gasteiger partial charge in [0, 0.05) is 6.54 Å². The molecule has 3 unspecified atom stereocenters. The van der Waals surface area contributed by atoms with Crippen molar-refractivity contribution in [3.63, 3.8) is 0 Å². The Morgan fingerprint density at radius 2 is 2.24 bits per heavy atom. The van der Waals surface area contributed by atoms with E-state index in [4.69, 9.17) is 0 Å². The minimum atomic E-state index is -0.288. The number of rotatable bonds is 4. The van der Waals surface area contributed by atoms with Crippen molar-refractivity contribution in [1.29, 1.82) is 0 Å². The molecule has 1 aliphatic heterocycles. The average Bonchev–Trinajstić information content (AvgIpc) is 2.89. The maximum absolute atomic E-state index is 11.9. The second kappa shape index (κ2) is 5.49. The lowest BCUT2D eigenvalue weighted by molar-refractivity contribution is -0.140. The van der Waals surface area contributed by atoms with Crippen LogP contribution < -0.4 is 10.6 Å². The fourth-order valence-corrected chi connectivity index (χ4v) is 2.97. The van der Waals surface area contributed by atoms with Crippen LogP contribution in [0.2, 0.25) is 0 Å². The molecule has 0 radical (unpaired) electrons. The molecule has 0 bridgehead atoms. The van der Waals surface area contributed by atoms with E-state index in [1.54, 1.807) is 0 Å². The number of hydrogen-bond donors (Lipinski definition) is 2. The van der Waals surface area contributed by atoms with Crippen LogP contribution in [0.15, 0.2) is 0 Å². The van der Waals surface area contributed by atoms with E-state index in [0.717, 1.165) is 13.0 Å². The molecule has 96 valence electrons. The molecule has 5 heteroatoms. The first-order valence-corrected chi connectivity index (χ1v) is 6.30. The first-order valence-electron chi connectivity index (χ1n) is 6.30. The van der Waals surface area contributed by atoms with E-state index in [9.17, 15) is 9.59 Å². The van der Waals surface area contributed by atoms with Crippen LogP contribution in [0.25, 0.3) is 0 Å². The van der Waals surface area contributed by atoms with Crippen molar-refractivity contribution in [2.75, 3.05) is 20.2 Å². The van der Waals surface area contributed by atoms with Crippen molar-refractivity contribution in [3.05, 3.63) is 0 Å². The van der Waals surface area contributed by atoms with Crippen molar-refractivity contribution < 1.29 is 14.3 Å². The number of carbonyl (C=O) groups is 2. The molecule has 1 amide bonds. The molecule has 2 aliphatic rings. The van der Waals surface area contributed by atoms with Crippen LogP contribution >= 0.6 is 0 Å². The van der Waals surface area contributed by atoms with Crippen LogP contribution in [0.3, 0.4) is 0 Å². The molecule has 2 fully saturated rings. The molecule has 0 aromatic heterocycles. The third kappa shape index (κ3) is 2.77. The molecule has 1 aliphatic carbocycles. The zero-order valence-electron chi connectivity index (χ0n) is 10.2. The largest absolute Gasteiger partial charge is 0.469 e. The van der Waals surface area contributed by atoms with Crippen molar-refractivity contribution in [2.45, 2.75) is 31.7 Å². The maximum atomic E-state index is 11.9. The lowest BCUT2D eigenvalue weighted by atomic mass is 9.93. The number of fused-ring (bicyclic) bond motifs is 1. The summed E-state index contributed by atoms with van der Waals surface area (Å²) in [6.07, 6.45) is 3.86. The molecule has 0 spiro atoms. The lowest BCUT2D eigenvalue weighted by Gasteiger charge is -2.17. The van der Waals surface area contributed by atoms with Gasteiger partial charge < -0.3 is 15.4 Å². The SMILES string of the molecule is COC(=O)CCNC(=O)C1NCC2CCCC21. The molecule has 0 aromatic rings. The average molecular weight is 240 g/mol. The number of amides is 1. The minimum absolute atomic E-state index is 0.0308. The lowest BCUT2D eigenvalue weighted by Crippen LogP contribution is -2.44. The molecule has 1 saturated heterocycles. The van der Waals surface area contributed by atoms with E-state index in [2.05, 4.69) is 15.4 Å². The summed E-state index contributed by atoms with van der Waals surface area (Å²) in [6.45, 7) is 1.32. The zero-order chi connectivity index (χ0) is 12.3. The van der Waals surface area contributed by atoms with Crippen LogP contribution in [0.4, 0.5) is 0 Å². The first kappa shape index (κ1) is 12.4. The van der Waals surface area contributed by atoms with E-state index in [1.807, 2.05) is 0 Å². The summed E-state index contributed by atoms with van der Waals surface area (Å²) in [4.78, 5) is 22.8. The van der Waals surface area contributed by atoms with Crippen LogP contribution in [-0.4, -0.2) is 38.1 Å². The van der Waals surface area contributed by atoms with Gasteiger partial charge in [-0.15, -0.1) is 0 Å². The Morgan fingerprint density at radius 3 is 3.00 bits per heavy atom. The van der Waals surface area contributed by atoms with Crippen molar-refractivity contribution in [3.8, 4) is 0 Å². The van der Waals surface area contributed by atoms with Gasteiger partial charge in [0.2, 0.25) is 5.91 Å². The number of ether oxygens (including phenoxy) is 1. The highest BCUT2D eigenvalue weighted by Crippen LogP contribution is 2.37. The van der Waals surface area contributed by atoms with Gasteiger partial charge in [-0.25, -0.2) is 0 Å². The van der Waals surface area contributed by atoms with Crippen molar-refractivity contribution in [2.24, 2.45) is 11.8 Å². The van der Waals surface area contributed by atoms with Crippen molar-refractivity contribution in [1.82, 2.24) is 10.6 Å². The van der Waals surface area contributed by atoms with Gasteiger partial charge in [-0.2, -0.15) is 0 Å². The van der Waals surface area contributed by atoms with Gasteiger partial charge >= 0.3 is 5.97 Å².